The largest absolute Gasteiger partial charge is 0.313 e. The number of hydrogen-bond donors (Lipinski definition) is 1. The monoisotopic (exact) mass is 301 g/mol. The highest BCUT2D eigenvalue weighted by Crippen LogP contribution is 2.31. The van der Waals surface area contributed by atoms with Gasteiger partial charge in [-0.2, -0.15) is 0 Å². The van der Waals surface area contributed by atoms with Crippen molar-refractivity contribution in [1.82, 2.24) is 5.32 Å². The van der Waals surface area contributed by atoms with Gasteiger partial charge in [-0.05, 0) is 53.5 Å². The summed E-state index contributed by atoms with van der Waals surface area (Å²) in [5, 5.41) is 3.25. The van der Waals surface area contributed by atoms with Gasteiger partial charge in [-0.1, -0.05) is 19.9 Å². The van der Waals surface area contributed by atoms with E-state index < -0.39 is 0 Å². The van der Waals surface area contributed by atoms with Crippen LogP contribution in [0, 0.1) is 5.92 Å². The van der Waals surface area contributed by atoms with Crippen molar-refractivity contribution in [3.05, 3.63) is 28.2 Å². The summed E-state index contributed by atoms with van der Waals surface area (Å²) in [6.07, 6.45) is 0. The van der Waals surface area contributed by atoms with Gasteiger partial charge in [0.05, 0.1) is 0 Å². The molecule has 0 radical (unpaired) electrons. The number of thioether (sulfide) groups is 1. The highest BCUT2D eigenvalue weighted by atomic mass is 79.9. The van der Waals surface area contributed by atoms with Gasteiger partial charge in [-0.15, -0.1) is 11.8 Å². The van der Waals surface area contributed by atoms with Crippen LogP contribution < -0.4 is 5.32 Å². The summed E-state index contributed by atoms with van der Waals surface area (Å²) in [7, 11) is 1.99. The molecule has 0 spiro atoms. The molecule has 0 aliphatic carbocycles. The molecule has 1 aromatic carbocycles. The number of halogens is 1. The molecule has 0 aromatic heterocycles. The lowest BCUT2D eigenvalue weighted by atomic mass is 10.1. The molecule has 1 rings (SSSR count). The zero-order valence-corrected chi connectivity index (χ0v) is 12.8. The molecular formula is C13H20BrNS. The molecule has 0 aliphatic heterocycles. The van der Waals surface area contributed by atoms with E-state index in [0.717, 1.165) is 5.92 Å². The first kappa shape index (κ1) is 14.1. The second kappa shape index (κ2) is 6.67. The Labute approximate surface area is 112 Å². The molecule has 1 unspecified atom stereocenters. The zero-order valence-electron chi connectivity index (χ0n) is 10.4. The molecule has 0 heterocycles. The van der Waals surface area contributed by atoms with E-state index in [1.54, 1.807) is 0 Å². The Hall–Kier alpha value is 0.01000. The van der Waals surface area contributed by atoms with Crippen LogP contribution in [0.25, 0.3) is 0 Å². The molecule has 0 fully saturated rings. The maximum Gasteiger partial charge on any atom is 0.0314 e. The first-order valence-electron chi connectivity index (χ1n) is 5.64. The van der Waals surface area contributed by atoms with Crippen LogP contribution in [-0.2, 0) is 0 Å². The smallest absolute Gasteiger partial charge is 0.0314 e. The van der Waals surface area contributed by atoms with E-state index in [2.05, 4.69) is 60.2 Å². The Kier molecular flexibility index (Phi) is 5.87. The minimum absolute atomic E-state index is 0.403. The summed E-state index contributed by atoms with van der Waals surface area (Å²) in [5.41, 5.74) is 1.32. The molecule has 3 heteroatoms. The van der Waals surface area contributed by atoms with Crippen LogP contribution in [0.5, 0.6) is 0 Å². The minimum Gasteiger partial charge on any atom is -0.313 e. The molecule has 90 valence electrons. The van der Waals surface area contributed by atoms with Gasteiger partial charge in [0, 0.05) is 21.2 Å². The lowest BCUT2D eigenvalue weighted by Crippen LogP contribution is -2.12. The van der Waals surface area contributed by atoms with Crippen molar-refractivity contribution in [2.24, 2.45) is 5.92 Å². The fraction of sp³-hybridized carbons (Fsp3) is 0.538. The van der Waals surface area contributed by atoms with E-state index in [1.165, 1.54) is 20.7 Å². The summed E-state index contributed by atoms with van der Waals surface area (Å²) in [4.78, 5) is 1.33. The van der Waals surface area contributed by atoms with Gasteiger partial charge in [0.25, 0.3) is 0 Å². The molecule has 1 nitrogen and oxygen atoms in total. The molecule has 1 N–H and O–H groups in total. The maximum atomic E-state index is 3.65. The summed E-state index contributed by atoms with van der Waals surface area (Å²) >= 11 is 5.56. The van der Waals surface area contributed by atoms with E-state index in [0.29, 0.717) is 6.04 Å². The highest BCUT2D eigenvalue weighted by Gasteiger charge is 2.07. The van der Waals surface area contributed by atoms with Crippen molar-refractivity contribution in [3.63, 3.8) is 0 Å². The van der Waals surface area contributed by atoms with E-state index >= 15 is 0 Å². The average molecular weight is 302 g/mol. The Morgan fingerprint density at radius 2 is 2.00 bits per heavy atom. The lowest BCUT2D eigenvalue weighted by Gasteiger charge is -2.13. The van der Waals surface area contributed by atoms with Crippen LogP contribution in [0.4, 0.5) is 0 Å². The van der Waals surface area contributed by atoms with Crippen LogP contribution in [0.3, 0.4) is 0 Å². The summed E-state index contributed by atoms with van der Waals surface area (Å²) in [6.45, 7) is 6.67. The van der Waals surface area contributed by atoms with Gasteiger partial charge >= 0.3 is 0 Å². The molecule has 16 heavy (non-hydrogen) atoms. The molecular weight excluding hydrogens is 282 g/mol. The fourth-order valence-corrected chi connectivity index (χ4v) is 2.94. The van der Waals surface area contributed by atoms with Crippen molar-refractivity contribution in [3.8, 4) is 0 Å². The number of hydrogen-bond acceptors (Lipinski definition) is 2. The quantitative estimate of drug-likeness (QED) is 0.805. The third-order valence-corrected chi connectivity index (χ3v) is 4.88. The number of nitrogens with one attached hydrogen (secondary N) is 1. The highest BCUT2D eigenvalue weighted by molar-refractivity contribution is 9.10. The molecule has 1 aromatic rings. The van der Waals surface area contributed by atoms with Gasteiger partial charge in [-0.3, -0.25) is 0 Å². The second-order valence-corrected chi connectivity index (χ2v) is 6.32. The van der Waals surface area contributed by atoms with Crippen molar-refractivity contribution in [2.75, 3.05) is 12.8 Å². The molecule has 0 saturated carbocycles. The van der Waals surface area contributed by atoms with Gasteiger partial charge in [0.15, 0.2) is 0 Å². The predicted octanol–water partition coefficient (Wildman–Crippen LogP) is 4.48. The molecule has 1 atom stereocenters. The van der Waals surface area contributed by atoms with Crippen LogP contribution in [0.15, 0.2) is 27.6 Å². The van der Waals surface area contributed by atoms with Gasteiger partial charge in [0.1, 0.15) is 0 Å². The van der Waals surface area contributed by atoms with Crippen LogP contribution in [0.2, 0.25) is 0 Å². The Balaban J connectivity index is 2.75. The third-order valence-electron chi connectivity index (χ3n) is 2.46. The van der Waals surface area contributed by atoms with Crippen LogP contribution in [-0.4, -0.2) is 12.8 Å². The summed E-state index contributed by atoms with van der Waals surface area (Å²) in [5.74, 6) is 1.90. The van der Waals surface area contributed by atoms with Crippen LogP contribution >= 0.6 is 27.7 Å². The minimum atomic E-state index is 0.403. The molecule has 0 saturated heterocycles. The first-order chi connectivity index (χ1) is 7.54. The average Bonchev–Trinajstić information content (AvgIpc) is 2.26. The Bertz CT molecular complexity index is 339. The number of benzene rings is 1. The van der Waals surface area contributed by atoms with E-state index in [1.807, 2.05) is 18.8 Å². The molecule has 0 bridgehead atoms. The van der Waals surface area contributed by atoms with Crippen LogP contribution in [0.1, 0.15) is 32.4 Å². The summed E-state index contributed by atoms with van der Waals surface area (Å²) in [6, 6.07) is 7.03. The first-order valence-corrected chi connectivity index (χ1v) is 7.42. The van der Waals surface area contributed by atoms with Crippen molar-refractivity contribution < 1.29 is 0 Å². The maximum absolute atomic E-state index is 3.65. The summed E-state index contributed by atoms with van der Waals surface area (Å²) < 4.78 is 1.21. The fourth-order valence-electron chi connectivity index (χ4n) is 1.33. The number of rotatable bonds is 5. The molecule has 0 aliphatic rings. The SMILES string of the molecule is CNC(C)c1ccc(SCC(C)C)c(Br)c1. The lowest BCUT2D eigenvalue weighted by molar-refractivity contribution is 0.651. The van der Waals surface area contributed by atoms with Crippen molar-refractivity contribution in [1.29, 1.82) is 0 Å². The van der Waals surface area contributed by atoms with Gasteiger partial charge < -0.3 is 5.32 Å². The van der Waals surface area contributed by atoms with Gasteiger partial charge in [-0.25, -0.2) is 0 Å². The predicted molar refractivity (Wildman–Crippen MR) is 77.2 cm³/mol. The van der Waals surface area contributed by atoms with Gasteiger partial charge in [0.2, 0.25) is 0 Å². The van der Waals surface area contributed by atoms with E-state index in [9.17, 15) is 0 Å². The zero-order chi connectivity index (χ0) is 12.1. The Morgan fingerprint density at radius 3 is 2.50 bits per heavy atom. The third kappa shape index (κ3) is 4.11. The second-order valence-electron chi connectivity index (χ2n) is 4.41. The van der Waals surface area contributed by atoms with E-state index in [4.69, 9.17) is 0 Å². The van der Waals surface area contributed by atoms with Crippen molar-refractivity contribution >= 4 is 27.7 Å². The Morgan fingerprint density at radius 1 is 1.31 bits per heavy atom. The van der Waals surface area contributed by atoms with Crippen molar-refractivity contribution in [2.45, 2.75) is 31.7 Å². The topological polar surface area (TPSA) is 12.0 Å². The van der Waals surface area contributed by atoms with E-state index in [-0.39, 0.29) is 0 Å². The molecule has 0 amide bonds. The standard InChI is InChI=1S/C13H20BrNS/c1-9(2)8-16-13-6-5-11(7-12(13)14)10(3)15-4/h5-7,9-10,15H,8H2,1-4H3. The normalized spacial score (nSPS) is 13.1.